The monoisotopic (exact) mass is 213 g/mol. The van der Waals surface area contributed by atoms with Crippen LogP contribution in [0.2, 0.25) is 0 Å². The lowest BCUT2D eigenvalue weighted by Gasteiger charge is -2.07. The van der Waals surface area contributed by atoms with Gasteiger partial charge in [-0.3, -0.25) is 0 Å². The van der Waals surface area contributed by atoms with Gasteiger partial charge in [-0.2, -0.15) is 0 Å². The van der Waals surface area contributed by atoms with Crippen LogP contribution in [0.25, 0.3) is 0 Å². The van der Waals surface area contributed by atoms with Gasteiger partial charge in [0.25, 0.3) is 0 Å². The third-order valence-corrected chi connectivity index (χ3v) is 1.83. The van der Waals surface area contributed by atoms with Crippen LogP contribution in [0.3, 0.4) is 0 Å². The molecule has 1 rings (SSSR count). The number of nitrogens with one attached hydrogen (secondary N) is 1. The molecule has 0 saturated carbocycles. The molecule has 0 radical (unpaired) electrons. The Labute approximate surface area is 89.2 Å². The minimum absolute atomic E-state index is 0.278. The lowest BCUT2D eigenvalue weighted by molar-refractivity contribution is 0.196. The van der Waals surface area contributed by atoms with Crippen LogP contribution in [-0.2, 0) is 4.74 Å². The SMILES string of the molecule is COCCNCCOc1cccc(F)c1. The van der Waals surface area contributed by atoms with Crippen LogP contribution >= 0.6 is 0 Å². The predicted molar refractivity (Wildman–Crippen MR) is 56.6 cm³/mol. The van der Waals surface area contributed by atoms with Gasteiger partial charge in [0.2, 0.25) is 0 Å². The van der Waals surface area contributed by atoms with Crippen molar-refractivity contribution in [2.45, 2.75) is 0 Å². The minimum atomic E-state index is -0.278. The summed E-state index contributed by atoms with van der Waals surface area (Å²) >= 11 is 0. The van der Waals surface area contributed by atoms with Gasteiger partial charge < -0.3 is 14.8 Å². The first-order valence-corrected chi connectivity index (χ1v) is 4.91. The second-order valence-electron chi connectivity index (χ2n) is 3.05. The Balaban J connectivity index is 2.10. The highest BCUT2D eigenvalue weighted by Crippen LogP contribution is 2.11. The van der Waals surface area contributed by atoms with Gasteiger partial charge in [-0.05, 0) is 12.1 Å². The van der Waals surface area contributed by atoms with Crippen molar-refractivity contribution in [3.63, 3.8) is 0 Å². The number of hydrogen-bond acceptors (Lipinski definition) is 3. The molecule has 0 heterocycles. The van der Waals surface area contributed by atoms with Crippen molar-refractivity contribution >= 4 is 0 Å². The molecule has 0 aliphatic rings. The average Bonchev–Trinajstić information content (AvgIpc) is 2.23. The van der Waals surface area contributed by atoms with Crippen LogP contribution < -0.4 is 10.1 Å². The van der Waals surface area contributed by atoms with Crippen molar-refractivity contribution in [1.82, 2.24) is 5.32 Å². The van der Waals surface area contributed by atoms with Crippen molar-refractivity contribution < 1.29 is 13.9 Å². The van der Waals surface area contributed by atoms with E-state index in [1.165, 1.54) is 12.1 Å². The molecule has 3 nitrogen and oxygen atoms in total. The first-order valence-electron chi connectivity index (χ1n) is 4.91. The summed E-state index contributed by atoms with van der Waals surface area (Å²) in [5, 5.41) is 3.13. The number of hydrogen-bond donors (Lipinski definition) is 1. The van der Waals surface area contributed by atoms with Crippen molar-refractivity contribution in [2.75, 3.05) is 33.4 Å². The van der Waals surface area contributed by atoms with E-state index in [9.17, 15) is 4.39 Å². The van der Waals surface area contributed by atoms with Gasteiger partial charge in [-0.1, -0.05) is 6.07 Å². The van der Waals surface area contributed by atoms with Gasteiger partial charge in [-0.15, -0.1) is 0 Å². The van der Waals surface area contributed by atoms with Gasteiger partial charge >= 0.3 is 0 Å². The Morgan fingerprint density at radius 1 is 1.27 bits per heavy atom. The van der Waals surface area contributed by atoms with E-state index in [4.69, 9.17) is 9.47 Å². The van der Waals surface area contributed by atoms with Gasteiger partial charge in [-0.25, -0.2) is 4.39 Å². The number of methoxy groups -OCH3 is 1. The third kappa shape index (κ3) is 5.34. The molecule has 0 saturated heterocycles. The zero-order valence-electron chi connectivity index (χ0n) is 8.83. The minimum Gasteiger partial charge on any atom is -0.492 e. The quantitative estimate of drug-likeness (QED) is 0.695. The lowest BCUT2D eigenvalue weighted by Crippen LogP contribution is -2.24. The number of halogens is 1. The Morgan fingerprint density at radius 2 is 2.07 bits per heavy atom. The molecule has 1 aromatic carbocycles. The molecule has 0 atom stereocenters. The zero-order valence-corrected chi connectivity index (χ0v) is 8.83. The first kappa shape index (κ1) is 11.9. The molecule has 0 fully saturated rings. The zero-order chi connectivity index (χ0) is 10.9. The van der Waals surface area contributed by atoms with Crippen LogP contribution in [-0.4, -0.2) is 33.4 Å². The predicted octanol–water partition coefficient (Wildman–Crippen LogP) is 1.44. The van der Waals surface area contributed by atoms with Gasteiger partial charge in [0.1, 0.15) is 18.2 Å². The molecule has 15 heavy (non-hydrogen) atoms. The summed E-state index contributed by atoms with van der Waals surface area (Å²) in [6, 6.07) is 6.13. The number of ether oxygens (including phenoxy) is 2. The molecule has 0 aliphatic heterocycles. The summed E-state index contributed by atoms with van der Waals surface area (Å²) in [5.74, 6) is 0.281. The van der Waals surface area contributed by atoms with E-state index in [2.05, 4.69) is 5.32 Å². The van der Waals surface area contributed by atoms with E-state index >= 15 is 0 Å². The molecule has 0 spiro atoms. The molecule has 0 aliphatic carbocycles. The maximum Gasteiger partial charge on any atom is 0.126 e. The van der Waals surface area contributed by atoms with Crippen LogP contribution in [0.1, 0.15) is 0 Å². The van der Waals surface area contributed by atoms with E-state index < -0.39 is 0 Å². The number of rotatable bonds is 7. The average molecular weight is 213 g/mol. The standard InChI is InChI=1S/C11H16FNO2/c1-14-7-5-13-6-8-15-11-4-2-3-10(12)9-11/h2-4,9,13H,5-8H2,1H3. The molecule has 1 N–H and O–H groups in total. The number of benzene rings is 1. The fourth-order valence-electron chi connectivity index (χ4n) is 1.10. The van der Waals surface area contributed by atoms with Crippen molar-refractivity contribution in [1.29, 1.82) is 0 Å². The normalized spacial score (nSPS) is 10.3. The van der Waals surface area contributed by atoms with Gasteiger partial charge in [0.15, 0.2) is 0 Å². The highest BCUT2D eigenvalue weighted by atomic mass is 19.1. The molecule has 1 aromatic rings. The van der Waals surface area contributed by atoms with Crippen molar-refractivity contribution in [3.05, 3.63) is 30.1 Å². The van der Waals surface area contributed by atoms with Crippen LogP contribution in [0.15, 0.2) is 24.3 Å². The van der Waals surface area contributed by atoms with Crippen molar-refractivity contribution in [3.8, 4) is 5.75 Å². The summed E-state index contributed by atoms with van der Waals surface area (Å²) in [7, 11) is 1.66. The Morgan fingerprint density at radius 3 is 2.80 bits per heavy atom. The maximum atomic E-state index is 12.7. The van der Waals surface area contributed by atoms with Crippen LogP contribution in [0.5, 0.6) is 5.75 Å². The summed E-state index contributed by atoms with van der Waals surface area (Å²) in [4.78, 5) is 0. The van der Waals surface area contributed by atoms with Crippen LogP contribution in [0, 0.1) is 5.82 Å². The lowest BCUT2D eigenvalue weighted by atomic mass is 10.3. The molecule has 0 amide bonds. The molecular weight excluding hydrogens is 197 g/mol. The maximum absolute atomic E-state index is 12.7. The van der Waals surface area contributed by atoms with E-state index in [1.54, 1.807) is 19.2 Å². The molecule has 0 unspecified atom stereocenters. The Kier molecular flexibility index (Phi) is 5.73. The van der Waals surface area contributed by atoms with E-state index in [1.807, 2.05) is 0 Å². The molecular formula is C11H16FNO2. The van der Waals surface area contributed by atoms with Crippen LogP contribution in [0.4, 0.5) is 4.39 Å². The summed E-state index contributed by atoms with van der Waals surface area (Å²) in [6.45, 7) is 2.72. The fraction of sp³-hybridized carbons (Fsp3) is 0.455. The summed E-state index contributed by atoms with van der Waals surface area (Å²) in [5.41, 5.74) is 0. The smallest absolute Gasteiger partial charge is 0.126 e. The highest BCUT2D eigenvalue weighted by molar-refractivity contribution is 5.22. The topological polar surface area (TPSA) is 30.5 Å². The Hall–Kier alpha value is -1.13. The van der Waals surface area contributed by atoms with E-state index in [0.29, 0.717) is 19.0 Å². The van der Waals surface area contributed by atoms with Crippen molar-refractivity contribution in [2.24, 2.45) is 0 Å². The molecule has 0 aromatic heterocycles. The molecule has 84 valence electrons. The molecule has 0 bridgehead atoms. The largest absolute Gasteiger partial charge is 0.492 e. The fourth-order valence-corrected chi connectivity index (χ4v) is 1.10. The van der Waals surface area contributed by atoms with E-state index in [-0.39, 0.29) is 5.82 Å². The molecule has 4 heteroatoms. The second-order valence-corrected chi connectivity index (χ2v) is 3.05. The summed E-state index contributed by atoms with van der Waals surface area (Å²) < 4.78 is 22.9. The van der Waals surface area contributed by atoms with Gasteiger partial charge in [0, 0.05) is 26.3 Å². The van der Waals surface area contributed by atoms with Gasteiger partial charge in [0.05, 0.1) is 6.61 Å². The summed E-state index contributed by atoms with van der Waals surface area (Å²) in [6.07, 6.45) is 0. The first-order chi connectivity index (χ1) is 7.33. The van der Waals surface area contributed by atoms with E-state index in [0.717, 1.165) is 13.1 Å². The third-order valence-electron chi connectivity index (χ3n) is 1.83. The second kappa shape index (κ2) is 7.20. The Bertz CT molecular complexity index is 281. The highest BCUT2D eigenvalue weighted by Gasteiger charge is 1.95.